The Balaban J connectivity index is 2.28. The van der Waals surface area contributed by atoms with Gasteiger partial charge in [-0.05, 0) is 32.9 Å². The van der Waals surface area contributed by atoms with E-state index in [1.807, 2.05) is 6.92 Å². The second kappa shape index (κ2) is 5.31. The van der Waals surface area contributed by atoms with Crippen molar-refractivity contribution in [3.63, 3.8) is 0 Å². The molecule has 0 spiro atoms. The van der Waals surface area contributed by atoms with Crippen molar-refractivity contribution in [2.75, 3.05) is 33.7 Å². The van der Waals surface area contributed by atoms with E-state index in [9.17, 15) is 4.79 Å². The molecule has 0 aromatic heterocycles. The number of nitriles is 1. The van der Waals surface area contributed by atoms with E-state index in [1.54, 1.807) is 19.0 Å². The molecule has 1 rings (SSSR count). The summed E-state index contributed by atoms with van der Waals surface area (Å²) in [4.78, 5) is 15.3. The monoisotopic (exact) mass is 223 g/mol. The number of nitrogens with zero attached hydrogens (tertiary/aromatic N) is 3. The largest absolute Gasteiger partial charge is 0.349 e. The maximum absolute atomic E-state index is 11.4. The molecule has 0 aromatic rings. The lowest BCUT2D eigenvalue weighted by Crippen LogP contribution is -2.39. The molecule has 1 amide bonds. The van der Waals surface area contributed by atoms with Crippen LogP contribution in [0.15, 0.2) is 0 Å². The predicted molar refractivity (Wildman–Crippen MR) is 62.7 cm³/mol. The van der Waals surface area contributed by atoms with E-state index in [1.165, 1.54) is 0 Å². The van der Waals surface area contributed by atoms with Gasteiger partial charge in [0, 0.05) is 27.1 Å². The summed E-state index contributed by atoms with van der Waals surface area (Å²) in [5, 5.41) is 9.00. The molecule has 16 heavy (non-hydrogen) atoms. The molecule has 0 aromatic carbocycles. The van der Waals surface area contributed by atoms with E-state index < -0.39 is 0 Å². The van der Waals surface area contributed by atoms with Crippen LogP contribution >= 0.6 is 0 Å². The summed E-state index contributed by atoms with van der Waals surface area (Å²) in [5.41, 5.74) is -0.151. The number of hydrogen-bond acceptors (Lipinski definition) is 3. The molecule has 0 radical (unpaired) electrons. The zero-order chi connectivity index (χ0) is 12.2. The molecular formula is C12H21N3O. The third kappa shape index (κ3) is 3.49. The van der Waals surface area contributed by atoms with E-state index >= 15 is 0 Å². The highest BCUT2D eigenvalue weighted by Crippen LogP contribution is 2.29. The third-order valence-corrected chi connectivity index (χ3v) is 3.37. The third-order valence-electron chi connectivity index (χ3n) is 3.37. The smallest absolute Gasteiger partial charge is 0.223 e. The Morgan fingerprint density at radius 2 is 2.00 bits per heavy atom. The molecule has 0 bridgehead atoms. The van der Waals surface area contributed by atoms with Gasteiger partial charge in [-0.1, -0.05) is 0 Å². The highest BCUT2D eigenvalue weighted by molar-refractivity contribution is 5.75. The minimum absolute atomic E-state index is 0.151. The van der Waals surface area contributed by atoms with Crippen LogP contribution in [0, 0.1) is 16.7 Å². The first-order chi connectivity index (χ1) is 7.47. The van der Waals surface area contributed by atoms with E-state index in [-0.39, 0.29) is 11.3 Å². The van der Waals surface area contributed by atoms with Crippen molar-refractivity contribution in [2.24, 2.45) is 5.41 Å². The van der Waals surface area contributed by atoms with Crippen molar-refractivity contribution in [2.45, 2.75) is 26.2 Å². The Bertz CT molecular complexity index is 285. The van der Waals surface area contributed by atoms with Gasteiger partial charge in [-0.3, -0.25) is 4.79 Å². The Morgan fingerprint density at radius 1 is 1.44 bits per heavy atom. The Hall–Kier alpha value is -1.08. The lowest BCUT2D eigenvalue weighted by atomic mass is 9.82. The number of hydrogen-bond donors (Lipinski definition) is 0. The minimum atomic E-state index is -0.151. The van der Waals surface area contributed by atoms with Crippen molar-refractivity contribution >= 4 is 5.91 Å². The quantitative estimate of drug-likeness (QED) is 0.719. The molecule has 1 heterocycles. The number of piperidine rings is 1. The van der Waals surface area contributed by atoms with Crippen LogP contribution in [-0.2, 0) is 4.79 Å². The van der Waals surface area contributed by atoms with Crippen LogP contribution in [-0.4, -0.2) is 49.4 Å². The fourth-order valence-electron chi connectivity index (χ4n) is 1.86. The van der Waals surface area contributed by atoms with Crippen LogP contribution in [0.5, 0.6) is 0 Å². The highest BCUT2D eigenvalue weighted by Gasteiger charge is 2.29. The summed E-state index contributed by atoms with van der Waals surface area (Å²) in [6.45, 7) is 4.71. The predicted octanol–water partition coefficient (Wildman–Crippen LogP) is 1.09. The van der Waals surface area contributed by atoms with Gasteiger partial charge in [0.05, 0.1) is 11.5 Å². The van der Waals surface area contributed by atoms with Crippen molar-refractivity contribution < 1.29 is 4.79 Å². The fraction of sp³-hybridized carbons (Fsp3) is 0.833. The molecule has 0 atom stereocenters. The Kier molecular flexibility index (Phi) is 4.31. The summed E-state index contributed by atoms with van der Waals surface area (Å²) in [6.07, 6.45) is 2.41. The number of carbonyl (C=O) groups is 1. The van der Waals surface area contributed by atoms with Gasteiger partial charge in [0.2, 0.25) is 5.91 Å². The summed E-state index contributed by atoms with van der Waals surface area (Å²) in [7, 11) is 3.57. The molecule has 90 valence electrons. The molecule has 1 fully saturated rings. The van der Waals surface area contributed by atoms with Gasteiger partial charge in [-0.2, -0.15) is 5.26 Å². The average Bonchev–Trinajstić information content (AvgIpc) is 2.28. The van der Waals surface area contributed by atoms with Crippen molar-refractivity contribution in [1.29, 1.82) is 5.26 Å². The van der Waals surface area contributed by atoms with Gasteiger partial charge in [0.15, 0.2) is 0 Å². The van der Waals surface area contributed by atoms with Crippen molar-refractivity contribution in [3.05, 3.63) is 0 Å². The normalized spacial score (nSPS) is 20.1. The Labute approximate surface area is 97.8 Å². The molecule has 1 aliphatic heterocycles. The van der Waals surface area contributed by atoms with E-state index in [2.05, 4.69) is 11.0 Å². The zero-order valence-electron chi connectivity index (χ0n) is 10.5. The topological polar surface area (TPSA) is 47.3 Å². The number of carbonyl (C=O) groups excluding carboxylic acids is 1. The van der Waals surface area contributed by atoms with Crippen molar-refractivity contribution in [3.8, 4) is 6.07 Å². The molecule has 0 saturated carbocycles. The van der Waals surface area contributed by atoms with E-state index in [0.717, 1.165) is 32.5 Å². The summed E-state index contributed by atoms with van der Waals surface area (Å²) >= 11 is 0. The first-order valence-electron chi connectivity index (χ1n) is 5.81. The molecule has 4 nitrogen and oxygen atoms in total. The fourth-order valence-corrected chi connectivity index (χ4v) is 1.86. The molecule has 1 aliphatic rings. The highest BCUT2D eigenvalue weighted by atomic mass is 16.2. The van der Waals surface area contributed by atoms with Gasteiger partial charge >= 0.3 is 0 Å². The molecule has 4 heteroatoms. The van der Waals surface area contributed by atoms with E-state index in [4.69, 9.17) is 5.26 Å². The Morgan fingerprint density at radius 3 is 2.44 bits per heavy atom. The van der Waals surface area contributed by atoms with Crippen LogP contribution in [0.2, 0.25) is 0 Å². The maximum atomic E-state index is 11.4. The van der Waals surface area contributed by atoms with Gasteiger partial charge < -0.3 is 9.80 Å². The standard InChI is InChI=1S/C12H21N3O/c1-12(10-13)5-8-15(9-6-12)7-4-11(16)14(2)3/h4-9H2,1-3H3. The zero-order valence-corrected chi connectivity index (χ0v) is 10.5. The summed E-state index contributed by atoms with van der Waals surface area (Å²) in [6, 6.07) is 2.38. The van der Waals surface area contributed by atoms with Gasteiger partial charge in [-0.15, -0.1) is 0 Å². The van der Waals surface area contributed by atoms with Gasteiger partial charge in [0.25, 0.3) is 0 Å². The lowest BCUT2D eigenvalue weighted by molar-refractivity contribution is -0.129. The van der Waals surface area contributed by atoms with E-state index in [0.29, 0.717) is 6.42 Å². The minimum Gasteiger partial charge on any atom is -0.349 e. The molecule has 0 unspecified atom stereocenters. The first kappa shape index (κ1) is 13.0. The molecule has 0 N–H and O–H groups in total. The number of amides is 1. The first-order valence-corrected chi connectivity index (χ1v) is 5.81. The van der Waals surface area contributed by atoms with Crippen LogP contribution < -0.4 is 0 Å². The van der Waals surface area contributed by atoms with Crippen molar-refractivity contribution in [1.82, 2.24) is 9.80 Å². The average molecular weight is 223 g/mol. The summed E-state index contributed by atoms with van der Waals surface area (Å²) in [5.74, 6) is 0.175. The second-order valence-electron chi connectivity index (χ2n) is 5.05. The lowest BCUT2D eigenvalue weighted by Gasteiger charge is -2.34. The molecule has 0 aliphatic carbocycles. The van der Waals surface area contributed by atoms with Crippen LogP contribution in [0.3, 0.4) is 0 Å². The van der Waals surface area contributed by atoms with Crippen LogP contribution in [0.1, 0.15) is 26.2 Å². The second-order valence-corrected chi connectivity index (χ2v) is 5.05. The van der Waals surface area contributed by atoms with Crippen LogP contribution in [0.4, 0.5) is 0 Å². The van der Waals surface area contributed by atoms with Crippen LogP contribution in [0.25, 0.3) is 0 Å². The molecule has 1 saturated heterocycles. The molecular weight excluding hydrogens is 202 g/mol. The van der Waals surface area contributed by atoms with Gasteiger partial charge in [0.1, 0.15) is 0 Å². The number of likely N-dealkylation sites (tertiary alicyclic amines) is 1. The number of rotatable bonds is 3. The summed E-state index contributed by atoms with van der Waals surface area (Å²) < 4.78 is 0. The SMILES string of the molecule is CN(C)C(=O)CCN1CCC(C)(C#N)CC1. The maximum Gasteiger partial charge on any atom is 0.223 e. The van der Waals surface area contributed by atoms with Gasteiger partial charge in [-0.25, -0.2) is 0 Å².